The van der Waals surface area contributed by atoms with E-state index in [-0.39, 0.29) is 5.92 Å². The van der Waals surface area contributed by atoms with E-state index in [1.165, 1.54) is 7.11 Å². The van der Waals surface area contributed by atoms with Crippen molar-refractivity contribution in [3.63, 3.8) is 0 Å². The van der Waals surface area contributed by atoms with Crippen LogP contribution in [-0.2, 0) is 14.3 Å². The van der Waals surface area contributed by atoms with Gasteiger partial charge in [-0.15, -0.1) is 0 Å². The van der Waals surface area contributed by atoms with Gasteiger partial charge in [-0.1, -0.05) is 20.3 Å². The molecule has 0 saturated heterocycles. The number of esters is 1. The summed E-state index contributed by atoms with van der Waals surface area (Å²) in [5.41, 5.74) is 0. The molecule has 0 radical (unpaired) electrons. The number of hydrogen-bond donors (Lipinski definition) is 1. The van der Waals surface area contributed by atoms with Crippen LogP contribution in [0, 0.1) is 11.8 Å². The maximum absolute atomic E-state index is 11.1. The molecule has 4 heteroatoms. The molecule has 0 aromatic carbocycles. The Labute approximate surface area is 77.9 Å². The highest BCUT2D eigenvalue weighted by atomic mass is 16.5. The van der Waals surface area contributed by atoms with Gasteiger partial charge in [-0.05, 0) is 12.3 Å². The van der Waals surface area contributed by atoms with E-state index in [1.54, 1.807) is 6.92 Å². The fourth-order valence-corrected chi connectivity index (χ4v) is 1.33. The van der Waals surface area contributed by atoms with Crippen LogP contribution in [0.3, 0.4) is 0 Å². The van der Waals surface area contributed by atoms with Crippen molar-refractivity contribution in [3.8, 4) is 0 Å². The molecule has 0 aromatic rings. The minimum atomic E-state index is -1.10. The molecule has 0 saturated carbocycles. The van der Waals surface area contributed by atoms with Crippen LogP contribution in [0.2, 0.25) is 0 Å². The summed E-state index contributed by atoms with van der Waals surface area (Å²) >= 11 is 0. The Morgan fingerprint density at radius 2 is 2.00 bits per heavy atom. The molecule has 0 fully saturated rings. The third-order valence-electron chi connectivity index (χ3n) is 2.03. The third-order valence-corrected chi connectivity index (χ3v) is 2.03. The molecular weight excluding hydrogens is 172 g/mol. The van der Waals surface area contributed by atoms with Crippen LogP contribution in [0.4, 0.5) is 0 Å². The van der Waals surface area contributed by atoms with E-state index in [2.05, 4.69) is 4.74 Å². The van der Waals surface area contributed by atoms with Crippen molar-refractivity contribution >= 4 is 11.9 Å². The highest BCUT2D eigenvalue weighted by molar-refractivity contribution is 5.94. The summed E-state index contributed by atoms with van der Waals surface area (Å²) in [7, 11) is 1.21. The second-order valence-corrected chi connectivity index (χ2v) is 3.11. The minimum Gasteiger partial charge on any atom is -0.481 e. The number of aliphatic carboxylic acids is 1. The number of carboxylic acids is 1. The van der Waals surface area contributed by atoms with E-state index in [0.29, 0.717) is 6.42 Å². The van der Waals surface area contributed by atoms with Gasteiger partial charge in [0.05, 0.1) is 7.11 Å². The SMILES string of the molecule is CCCC(C)C(C(=O)O)C(=O)OC. The lowest BCUT2D eigenvalue weighted by atomic mass is 9.90. The first kappa shape index (κ1) is 11.9. The lowest BCUT2D eigenvalue weighted by molar-refractivity contribution is -0.159. The van der Waals surface area contributed by atoms with E-state index >= 15 is 0 Å². The Bertz CT molecular complexity index is 188. The molecule has 0 spiro atoms. The van der Waals surface area contributed by atoms with Crippen LogP contribution in [0.5, 0.6) is 0 Å². The first-order valence-electron chi connectivity index (χ1n) is 4.35. The van der Waals surface area contributed by atoms with Gasteiger partial charge in [0.2, 0.25) is 0 Å². The van der Waals surface area contributed by atoms with Crippen molar-refractivity contribution in [1.29, 1.82) is 0 Å². The van der Waals surface area contributed by atoms with Gasteiger partial charge in [0.1, 0.15) is 0 Å². The molecule has 76 valence electrons. The van der Waals surface area contributed by atoms with Gasteiger partial charge in [0, 0.05) is 0 Å². The second-order valence-electron chi connectivity index (χ2n) is 3.11. The molecule has 0 aliphatic rings. The second kappa shape index (κ2) is 5.56. The molecular formula is C9H16O4. The normalized spacial score (nSPS) is 14.7. The molecule has 0 amide bonds. The maximum atomic E-state index is 11.1. The monoisotopic (exact) mass is 188 g/mol. The van der Waals surface area contributed by atoms with Crippen molar-refractivity contribution in [2.45, 2.75) is 26.7 Å². The van der Waals surface area contributed by atoms with Crippen LogP contribution >= 0.6 is 0 Å². The summed E-state index contributed by atoms with van der Waals surface area (Å²) in [4.78, 5) is 21.8. The first-order chi connectivity index (χ1) is 6.04. The molecule has 1 N–H and O–H groups in total. The molecule has 2 atom stereocenters. The number of rotatable bonds is 5. The zero-order valence-electron chi connectivity index (χ0n) is 8.24. The Morgan fingerprint density at radius 3 is 2.31 bits per heavy atom. The molecule has 2 unspecified atom stereocenters. The Hall–Kier alpha value is -1.06. The number of methoxy groups -OCH3 is 1. The van der Waals surface area contributed by atoms with Crippen LogP contribution in [-0.4, -0.2) is 24.2 Å². The molecule has 13 heavy (non-hydrogen) atoms. The predicted molar refractivity (Wildman–Crippen MR) is 47.2 cm³/mol. The zero-order chi connectivity index (χ0) is 10.4. The van der Waals surface area contributed by atoms with Gasteiger partial charge in [-0.3, -0.25) is 9.59 Å². The maximum Gasteiger partial charge on any atom is 0.320 e. The average molecular weight is 188 g/mol. The smallest absolute Gasteiger partial charge is 0.320 e. The summed E-state index contributed by atoms with van der Waals surface area (Å²) in [6.45, 7) is 3.70. The largest absolute Gasteiger partial charge is 0.481 e. The van der Waals surface area contributed by atoms with Gasteiger partial charge in [0.25, 0.3) is 0 Å². The Balaban J connectivity index is 4.41. The summed E-state index contributed by atoms with van der Waals surface area (Å²) in [6.07, 6.45) is 1.58. The molecule has 0 heterocycles. The predicted octanol–water partition coefficient (Wildman–Crippen LogP) is 1.30. The van der Waals surface area contributed by atoms with Gasteiger partial charge < -0.3 is 9.84 Å². The molecule has 0 bridgehead atoms. The topological polar surface area (TPSA) is 63.6 Å². The molecule has 0 rings (SSSR count). The third kappa shape index (κ3) is 3.44. The quantitative estimate of drug-likeness (QED) is 0.521. The fourth-order valence-electron chi connectivity index (χ4n) is 1.33. The van der Waals surface area contributed by atoms with E-state index in [9.17, 15) is 9.59 Å². The van der Waals surface area contributed by atoms with Gasteiger partial charge >= 0.3 is 11.9 Å². The van der Waals surface area contributed by atoms with Crippen molar-refractivity contribution in [1.82, 2.24) is 0 Å². The number of carboxylic acid groups (broad SMARTS) is 1. The molecule has 0 aromatic heterocycles. The van der Waals surface area contributed by atoms with Gasteiger partial charge in [-0.25, -0.2) is 0 Å². The lowest BCUT2D eigenvalue weighted by Gasteiger charge is -2.16. The number of hydrogen-bond acceptors (Lipinski definition) is 3. The molecule has 0 aliphatic heterocycles. The van der Waals surface area contributed by atoms with E-state index < -0.39 is 17.9 Å². The molecule has 0 aliphatic carbocycles. The summed E-state index contributed by atoms with van der Waals surface area (Å²) in [5, 5.41) is 8.77. The van der Waals surface area contributed by atoms with Crippen molar-refractivity contribution < 1.29 is 19.4 Å². The minimum absolute atomic E-state index is 0.171. The van der Waals surface area contributed by atoms with Crippen LogP contribution in [0.15, 0.2) is 0 Å². The lowest BCUT2D eigenvalue weighted by Crippen LogP contribution is -2.30. The summed E-state index contributed by atoms with van der Waals surface area (Å²) in [5.74, 6) is -2.96. The van der Waals surface area contributed by atoms with Crippen molar-refractivity contribution in [2.75, 3.05) is 7.11 Å². The van der Waals surface area contributed by atoms with Crippen LogP contribution < -0.4 is 0 Å². The van der Waals surface area contributed by atoms with E-state index in [0.717, 1.165) is 6.42 Å². The Kier molecular flexibility index (Phi) is 5.11. The van der Waals surface area contributed by atoms with Gasteiger partial charge in [-0.2, -0.15) is 0 Å². The molecule has 4 nitrogen and oxygen atoms in total. The fraction of sp³-hybridized carbons (Fsp3) is 0.778. The van der Waals surface area contributed by atoms with E-state index in [4.69, 9.17) is 5.11 Å². The highest BCUT2D eigenvalue weighted by Gasteiger charge is 2.32. The summed E-state index contributed by atoms with van der Waals surface area (Å²) in [6, 6.07) is 0. The van der Waals surface area contributed by atoms with Crippen molar-refractivity contribution in [3.05, 3.63) is 0 Å². The Morgan fingerprint density at radius 1 is 1.46 bits per heavy atom. The number of carbonyl (C=O) groups excluding carboxylic acids is 1. The van der Waals surface area contributed by atoms with Crippen LogP contribution in [0.25, 0.3) is 0 Å². The van der Waals surface area contributed by atoms with Crippen LogP contribution in [0.1, 0.15) is 26.7 Å². The summed E-state index contributed by atoms with van der Waals surface area (Å²) < 4.78 is 4.42. The first-order valence-corrected chi connectivity index (χ1v) is 4.35. The highest BCUT2D eigenvalue weighted by Crippen LogP contribution is 2.18. The average Bonchev–Trinajstić information content (AvgIpc) is 2.04. The van der Waals surface area contributed by atoms with E-state index in [1.807, 2.05) is 6.92 Å². The van der Waals surface area contributed by atoms with Gasteiger partial charge in [0.15, 0.2) is 5.92 Å². The standard InChI is InChI=1S/C9H16O4/c1-4-5-6(2)7(8(10)11)9(12)13-3/h6-7H,4-5H2,1-3H3,(H,10,11). The zero-order valence-corrected chi connectivity index (χ0v) is 8.24. The number of ether oxygens (including phenoxy) is 1. The number of carbonyl (C=O) groups is 2. The van der Waals surface area contributed by atoms with Crippen molar-refractivity contribution in [2.24, 2.45) is 11.8 Å².